The van der Waals surface area contributed by atoms with Crippen molar-refractivity contribution in [2.45, 2.75) is 6.92 Å². The van der Waals surface area contributed by atoms with Crippen LogP contribution in [0.1, 0.15) is 25.9 Å². The lowest BCUT2D eigenvalue weighted by atomic mass is 10.2. The standard InChI is InChI=1S/C24H18N4O3S/c1-15-19-14-21(32-24(19)28(27-15)18-9-3-2-4-10-18)23(30)26-17-8-5-7-16(13-17)25-22(29)20-11-6-12-31-20/h2-14H,1H3,(H,25,29)(H,26,30). The van der Waals surface area contributed by atoms with E-state index in [0.29, 0.717) is 16.3 Å². The predicted octanol–water partition coefficient (Wildman–Crippen LogP) is 5.49. The Balaban J connectivity index is 1.37. The predicted molar refractivity (Wildman–Crippen MR) is 125 cm³/mol. The Morgan fingerprint density at radius 1 is 0.906 bits per heavy atom. The first-order valence-electron chi connectivity index (χ1n) is 9.89. The molecule has 158 valence electrons. The molecule has 2 amide bonds. The molecule has 0 aliphatic rings. The van der Waals surface area contributed by atoms with Crippen LogP contribution in [0, 0.1) is 6.92 Å². The number of rotatable bonds is 5. The number of aromatic nitrogens is 2. The van der Waals surface area contributed by atoms with Gasteiger partial charge in [0.15, 0.2) is 5.76 Å². The fourth-order valence-corrected chi connectivity index (χ4v) is 4.45. The molecule has 0 radical (unpaired) electrons. The zero-order valence-corrected chi connectivity index (χ0v) is 17.8. The molecular formula is C24H18N4O3S. The maximum Gasteiger partial charge on any atom is 0.291 e. The third-order valence-electron chi connectivity index (χ3n) is 4.89. The lowest BCUT2D eigenvalue weighted by Gasteiger charge is -2.07. The average molecular weight is 443 g/mol. The number of hydrogen-bond acceptors (Lipinski definition) is 5. The first-order chi connectivity index (χ1) is 15.6. The Morgan fingerprint density at radius 3 is 2.38 bits per heavy atom. The lowest BCUT2D eigenvalue weighted by Crippen LogP contribution is -2.12. The highest BCUT2D eigenvalue weighted by molar-refractivity contribution is 7.20. The van der Waals surface area contributed by atoms with Crippen molar-refractivity contribution in [3.63, 3.8) is 0 Å². The maximum atomic E-state index is 12.9. The van der Waals surface area contributed by atoms with E-state index < -0.39 is 0 Å². The van der Waals surface area contributed by atoms with E-state index in [0.717, 1.165) is 21.6 Å². The molecule has 0 aliphatic heterocycles. The number of benzene rings is 2. The second-order valence-electron chi connectivity index (χ2n) is 7.13. The normalized spacial score (nSPS) is 10.9. The minimum absolute atomic E-state index is 0.215. The van der Waals surface area contributed by atoms with Gasteiger partial charge in [0.1, 0.15) is 4.83 Å². The molecule has 0 aliphatic carbocycles. The van der Waals surface area contributed by atoms with Crippen LogP contribution in [-0.4, -0.2) is 21.6 Å². The van der Waals surface area contributed by atoms with Crippen molar-refractivity contribution in [2.24, 2.45) is 0 Å². The average Bonchev–Trinajstić information content (AvgIpc) is 3.53. The molecule has 0 bridgehead atoms. The summed E-state index contributed by atoms with van der Waals surface area (Å²) in [5, 5.41) is 11.2. The van der Waals surface area contributed by atoms with Gasteiger partial charge in [-0.25, -0.2) is 4.68 Å². The van der Waals surface area contributed by atoms with Crippen LogP contribution < -0.4 is 10.6 Å². The van der Waals surface area contributed by atoms with Crippen LogP contribution in [0.2, 0.25) is 0 Å². The number of carbonyl (C=O) groups is 2. The van der Waals surface area contributed by atoms with Gasteiger partial charge in [-0.3, -0.25) is 9.59 Å². The number of fused-ring (bicyclic) bond motifs is 1. The van der Waals surface area contributed by atoms with E-state index in [1.165, 1.54) is 17.6 Å². The lowest BCUT2D eigenvalue weighted by molar-refractivity contribution is 0.0995. The molecule has 0 saturated carbocycles. The molecule has 3 aromatic heterocycles. The number of furan rings is 1. The van der Waals surface area contributed by atoms with Crippen LogP contribution in [-0.2, 0) is 0 Å². The zero-order chi connectivity index (χ0) is 22.1. The van der Waals surface area contributed by atoms with Crippen LogP contribution >= 0.6 is 11.3 Å². The molecular weight excluding hydrogens is 424 g/mol. The van der Waals surface area contributed by atoms with Crippen molar-refractivity contribution in [3.8, 4) is 5.69 Å². The highest BCUT2D eigenvalue weighted by Gasteiger charge is 2.17. The van der Waals surface area contributed by atoms with E-state index in [-0.39, 0.29) is 17.6 Å². The summed E-state index contributed by atoms with van der Waals surface area (Å²) >= 11 is 1.39. The summed E-state index contributed by atoms with van der Waals surface area (Å²) in [6.07, 6.45) is 1.44. The summed E-state index contributed by atoms with van der Waals surface area (Å²) in [6, 6.07) is 21.9. The molecule has 2 aromatic carbocycles. The fourth-order valence-electron chi connectivity index (χ4n) is 3.37. The Kier molecular flexibility index (Phi) is 5.04. The van der Waals surface area contributed by atoms with Crippen LogP contribution in [0.4, 0.5) is 11.4 Å². The van der Waals surface area contributed by atoms with Gasteiger partial charge >= 0.3 is 0 Å². The number of anilines is 2. The van der Waals surface area contributed by atoms with Gasteiger partial charge in [0.2, 0.25) is 0 Å². The molecule has 3 heterocycles. The Labute approximate surface area is 187 Å². The van der Waals surface area contributed by atoms with Crippen LogP contribution in [0.3, 0.4) is 0 Å². The molecule has 5 rings (SSSR count). The van der Waals surface area contributed by atoms with E-state index in [1.54, 1.807) is 36.4 Å². The summed E-state index contributed by atoms with van der Waals surface area (Å²) in [6.45, 7) is 1.93. The van der Waals surface area contributed by atoms with E-state index in [1.807, 2.05) is 48.0 Å². The van der Waals surface area contributed by atoms with Gasteiger partial charge < -0.3 is 15.1 Å². The minimum atomic E-state index is -0.357. The monoisotopic (exact) mass is 442 g/mol. The van der Waals surface area contributed by atoms with Crippen LogP contribution in [0.5, 0.6) is 0 Å². The third-order valence-corrected chi connectivity index (χ3v) is 6.00. The Morgan fingerprint density at radius 2 is 1.66 bits per heavy atom. The van der Waals surface area contributed by atoms with Crippen LogP contribution in [0.25, 0.3) is 15.9 Å². The first-order valence-corrected chi connectivity index (χ1v) is 10.7. The van der Waals surface area contributed by atoms with Gasteiger partial charge in [0.05, 0.1) is 22.5 Å². The summed E-state index contributed by atoms with van der Waals surface area (Å²) in [4.78, 5) is 26.6. The summed E-state index contributed by atoms with van der Waals surface area (Å²) in [5.74, 6) is -0.365. The topological polar surface area (TPSA) is 89.2 Å². The van der Waals surface area contributed by atoms with Gasteiger partial charge in [0.25, 0.3) is 11.8 Å². The maximum absolute atomic E-state index is 12.9. The second-order valence-corrected chi connectivity index (χ2v) is 8.16. The molecule has 0 saturated heterocycles. The summed E-state index contributed by atoms with van der Waals surface area (Å²) in [5.41, 5.74) is 2.93. The van der Waals surface area contributed by atoms with Gasteiger partial charge in [-0.1, -0.05) is 24.3 Å². The highest BCUT2D eigenvalue weighted by atomic mass is 32.1. The molecule has 0 unspecified atom stereocenters. The quantitative estimate of drug-likeness (QED) is 0.376. The molecule has 32 heavy (non-hydrogen) atoms. The molecule has 0 fully saturated rings. The molecule has 0 atom stereocenters. The number of thiophene rings is 1. The molecule has 2 N–H and O–H groups in total. The van der Waals surface area contributed by atoms with Crippen molar-refractivity contribution in [3.05, 3.63) is 95.4 Å². The highest BCUT2D eigenvalue weighted by Crippen LogP contribution is 2.31. The number of amides is 2. The molecule has 8 heteroatoms. The Bertz CT molecular complexity index is 1420. The number of hydrogen-bond donors (Lipinski definition) is 2. The van der Waals surface area contributed by atoms with Crippen molar-refractivity contribution in [2.75, 3.05) is 10.6 Å². The van der Waals surface area contributed by atoms with Crippen molar-refractivity contribution in [1.82, 2.24) is 9.78 Å². The second kappa shape index (κ2) is 8.16. The molecule has 5 aromatic rings. The number of aryl methyl sites for hydroxylation is 1. The van der Waals surface area contributed by atoms with Crippen LogP contribution in [0.15, 0.2) is 83.5 Å². The number of carbonyl (C=O) groups excluding carboxylic acids is 2. The van der Waals surface area contributed by atoms with Crippen molar-refractivity contribution in [1.29, 1.82) is 0 Å². The molecule has 0 spiro atoms. The van der Waals surface area contributed by atoms with Crippen molar-refractivity contribution >= 4 is 44.7 Å². The van der Waals surface area contributed by atoms with E-state index in [4.69, 9.17) is 4.42 Å². The Hall–Kier alpha value is -4.17. The third kappa shape index (κ3) is 3.79. The van der Waals surface area contributed by atoms with Crippen molar-refractivity contribution < 1.29 is 14.0 Å². The van der Waals surface area contributed by atoms with Gasteiger partial charge in [-0.05, 0) is 55.5 Å². The van der Waals surface area contributed by atoms with Gasteiger partial charge in [0, 0.05) is 16.8 Å². The molecule has 7 nitrogen and oxygen atoms in total. The summed E-state index contributed by atoms with van der Waals surface area (Å²) < 4.78 is 6.96. The zero-order valence-electron chi connectivity index (χ0n) is 17.0. The van der Waals surface area contributed by atoms with Gasteiger partial charge in [-0.2, -0.15) is 5.10 Å². The first kappa shape index (κ1) is 19.8. The largest absolute Gasteiger partial charge is 0.459 e. The SMILES string of the molecule is Cc1nn(-c2ccccc2)c2sc(C(=O)Nc3cccc(NC(=O)c4ccco4)c3)cc12. The van der Waals surface area contributed by atoms with E-state index in [2.05, 4.69) is 15.7 Å². The van der Waals surface area contributed by atoms with E-state index in [9.17, 15) is 9.59 Å². The number of nitrogens with one attached hydrogen (secondary N) is 2. The van der Waals surface area contributed by atoms with E-state index >= 15 is 0 Å². The number of nitrogens with zero attached hydrogens (tertiary/aromatic N) is 2. The van der Waals surface area contributed by atoms with Gasteiger partial charge in [-0.15, -0.1) is 11.3 Å². The summed E-state index contributed by atoms with van der Waals surface area (Å²) in [7, 11) is 0. The number of para-hydroxylation sites is 1. The fraction of sp³-hybridized carbons (Fsp3) is 0.0417. The smallest absolute Gasteiger partial charge is 0.291 e. The minimum Gasteiger partial charge on any atom is -0.459 e.